The van der Waals surface area contributed by atoms with Gasteiger partial charge in [0.25, 0.3) is 0 Å². The molecule has 1 fully saturated rings. The molecule has 0 aliphatic carbocycles. The van der Waals surface area contributed by atoms with Gasteiger partial charge in [-0.2, -0.15) is 0 Å². The fourth-order valence-corrected chi connectivity index (χ4v) is 2.18. The predicted molar refractivity (Wildman–Crippen MR) is 68.5 cm³/mol. The van der Waals surface area contributed by atoms with Gasteiger partial charge < -0.3 is 10.5 Å². The van der Waals surface area contributed by atoms with Crippen molar-refractivity contribution in [2.75, 3.05) is 19.6 Å². The number of ether oxygens (including phenoxy) is 1. The minimum atomic E-state index is -0.155. The second-order valence-corrected chi connectivity index (χ2v) is 6.56. The van der Waals surface area contributed by atoms with Gasteiger partial charge >= 0.3 is 0 Å². The first-order chi connectivity index (χ1) is 7.12. The molecular weight excluding hydrogens is 200 g/mol. The van der Waals surface area contributed by atoms with Gasteiger partial charge in [0, 0.05) is 25.2 Å². The second kappa shape index (κ2) is 4.63. The minimum Gasteiger partial charge on any atom is -0.373 e. The van der Waals surface area contributed by atoms with E-state index in [-0.39, 0.29) is 11.0 Å². The van der Waals surface area contributed by atoms with Gasteiger partial charge in [0.1, 0.15) is 0 Å². The first kappa shape index (κ1) is 13.9. The van der Waals surface area contributed by atoms with E-state index in [2.05, 4.69) is 46.4 Å². The summed E-state index contributed by atoms with van der Waals surface area (Å²) in [6, 6.07) is 0. The Bertz CT molecular complexity index is 223. The van der Waals surface area contributed by atoms with E-state index in [0.717, 1.165) is 19.6 Å². The zero-order chi connectivity index (χ0) is 12.6. The number of hydrogen-bond donors (Lipinski definition) is 1. The SMILES string of the molecule is C[C@@H]1CN(CC(C)(C)C(C)(C)N)C[C@H](C)O1. The van der Waals surface area contributed by atoms with Gasteiger partial charge in [-0.25, -0.2) is 0 Å². The van der Waals surface area contributed by atoms with Crippen molar-refractivity contribution in [1.82, 2.24) is 4.90 Å². The summed E-state index contributed by atoms with van der Waals surface area (Å²) in [7, 11) is 0. The minimum absolute atomic E-state index is 0.115. The Morgan fingerprint density at radius 1 is 1.12 bits per heavy atom. The van der Waals surface area contributed by atoms with Crippen LogP contribution in [0.4, 0.5) is 0 Å². The van der Waals surface area contributed by atoms with Crippen LogP contribution < -0.4 is 5.73 Å². The lowest BCUT2D eigenvalue weighted by Gasteiger charge is -2.45. The zero-order valence-corrected chi connectivity index (χ0v) is 11.7. The summed E-state index contributed by atoms with van der Waals surface area (Å²) < 4.78 is 5.74. The monoisotopic (exact) mass is 228 g/mol. The third-order valence-corrected chi connectivity index (χ3v) is 3.86. The lowest BCUT2D eigenvalue weighted by atomic mass is 9.74. The fraction of sp³-hybridized carbons (Fsp3) is 1.00. The molecule has 0 saturated carbocycles. The number of hydrogen-bond acceptors (Lipinski definition) is 3. The highest BCUT2D eigenvalue weighted by Crippen LogP contribution is 2.30. The van der Waals surface area contributed by atoms with Crippen LogP contribution in [0.1, 0.15) is 41.5 Å². The average Bonchev–Trinajstić information content (AvgIpc) is 1.97. The molecule has 0 aromatic carbocycles. The average molecular weight is 228 g/mol. The zero-order valence-electron chi connectivity index (χ0n) is 11.7. The first-order valence-corrected chi connectivity index (χ1v) is 6.28. The molecule has 2 atom stereocenters. The fourth-order valence-electron chi connectivity index (χ4n) is 2.18. The van der Waals surface area contributed by atoms with E-state index in [4.69, 9.17) is 10.5 Å². The molecule has 0 bridgehead atoms. The Balaban J connectivity index is 2.60. The highest BCUT2D eigenvalue weighted by molar-refractivity contribution is 4.93. The maximum Gasteiger partial charge on any atom is 0.0678 e. The summed E-state index contributed by atoms with van der Waals surface area (Å²) in [5.74, 6) is 0. The molecule has 2 N–H and O–H groups in total. The lowest BCUT2D eigenvalue weighted by Crippen LogP contribution is -2.56. The van der Waals surface area contributed by atoms with Crippen LogP contribution in [0.15, 0.2) is 0 Å². The Morgan fingerprint density at radius 2 is 1.56 bits per heavy atom. The molecule has 1 heterocycles. The van der Waals surface area contributed by atoms with E-state index in [9.17, 15) is 0 Å². The molecule has 0 aromatic rings. The topological polar surface area (TPSA) is 38.5 Å². The van der Waals surface area contributed by atoms with E-state index in [1.54, 1.807) is 0 Å². The molecule has 96 valence electrons. The van der Waals surface area contributed by atoms with Crippen molar-refractivity contribution in [2.24, 2.45) is 11.1 Å². The van der Waals surface area contributed by atoms with Crippen molar-refractivity contribution in [3.8, 4) is 0 Å². The predicted octanol–water partition coefficient (Wildman–Crippen LogP) is 1.86. The molecule has 3 heteroatoms. The summed E-state index contributed by atoms with van der Waals surface area (Å²) in [6.45, 7) is 16.1. The van der Waals surface area contributed by atoms with Crippen molar-refractivity contribution in [2.45, 2.75) is 59.3 Å². The first-order valence-electron chi connectivity index (χ1n) is 6.28. The Kier molecular flexibility index (Phi) is 4.04. The van der Waals surface area contributed by atoms with Crippen molar-refractivity contribution >= 4 is 0 Å². The highest BCUT2D eigenvalue weighted by atomic mass is 16.5. The maximum absolute atomic E-state index is 6.24. The number of nitrogens with two attached hydrogens (primary N) is 1. The molecule has 0 unspecified atom stereocenters. The smallest absolute Gasteiger partial charge is 0.0678 e. The molecule has 0 spiro atoms. The van der Waals surface area contributed by atoms with Crippen LogP contribution in [0.2, 0.25) is 0 Å². The second-order valence-electron chi connectivity index (χ2n) is 6.56. The van der Waals surface area contributed by atoms with Gasteiger partial charge in [-0.05, 0) is 33.1 Å². The molecule has 0 radical (unpaired) electrons. The normalized spacial score (nSPS) is 29.4. The summed E-state index contributed by atoms with van der Waals surface area (Å²) in [5, 5.41) is 0. The van der Waals surface area contributed by atoms with Crippen molar-refractivity contribution in [3.05, 3.63) is 0 Å². The van der Waals surface area contributed by atoms with Crippen LogP contribution in [-0.4, -0.2) is 42.3 Å². The van der Waals surface area contributed by atoms with Gasteiger partial charge in [0.2, 0.25) is 0 Å². The molecule has 0 amide bonds. The van der Waals surface area contributed by atoms with Crippen LogP contribution in [0.25, 0.3) is 0 Å². The molecule has 0 aromatic heterocycles. The quantitative estimate of drug-likeness (QED) is 0.801. The molecule has 1 aliphatic rings. The molecule has 16 heavy (non-hydrogen) atoms. The van der Waals surface area contributed by atoms with Crippen LogP contribution in [0.3, 0.4) is 0 Å². The molecule has 3 nitrogen and oxygen atoms in total. The third-order valence-electron chi connectivity index (χ3n) is 3.86. The largest absolute Gasteiger partial charge is 0.373 e. The number of morpholine rings is 1. The van der Waals surface area contributed by atoms with Gasteiger partial charge in [-0.1, -0.05) is 13.8 Å². The van der Waals surface area contributed by atoms with Gasteiger partial charge in [-0.3, -0.25) is 4.90 Å². The van der Waals surface area contributed by atoms with Gasteiger partial charge in [0.05, 0.1) is 12.2 Å². The Labute approximate surface area is 100 Å². The maximum atomic E-state index is 6.24. The highest BCUT2D eigenvalue weighted by Gasteiger charge is 2.36. The van der Waals surface area contributed by atoms with E-state index >= 15 is 0 Å². The van der Waals surface area contributed by atoms with E-state index < -0.39 is 0 Å². The molecular formula is C13H28N2O. The Morgan fingerprint density at radius 3 is 1.94 bits per heavy atom. The summed E-state index contributed by atoms with van der Waals surface area (Å²) in [4.78, 5) is 2.48. The van der Waals surface area contributed by atoms with Crippen LogP contribution in [0.5, 0.6) is 0 Å². The summed E-state index contributed by atoms with van der Waals surface area (Å²) >= 11 is 0. The number of rotatable bonds is 3. The third kappa shape index (κ3) is 3.44. The number of nitrogens with zero attached hydrogens (tertiary/aromatic N) is 1. The van der Waals surface area contributed by atoms with Crippen LogP contribution >= 0.6 is 0 Å². The van der Waals surface area contributed by atoms with Crippen molar-refractivity contribution in [3.63, 3.8) is 0 Å². The van der Waals surface area contributed by atoms with Crippen LogP contribution in [0, 0.1) is 5.41 Å². The van der Waals surface area contributed by atoms with Crippen LogP contribution in [-0.2, 0) is 4.74 Å². The van der Waals surface area contributed by atoms with Gasteiger partial charge in [-0.15, -0.1) is 0 Å². The molecule has 1 rings (SSSR count). The van der Waals surface area contributed by atoms with Gasteiger partial charge in [0.15, 0.2) is 0 Å². The lowest BCUT2D eigenvalue weighted by molar-refractivity contribution is -0.0796. The van der Waals surface area contributed by atoms with Crippen molar-refractivity contribution in [1.29, 1.82) is 0 Å². The summed E-state index contributed by atoms with van der Waals surface area (Å²) in [5.41, 5.74) is 6.20. The van der Waals surface area contributed by atoms with E-state index in [1.165, 1.54) is 0 Å². The standard InChI is InChI=1S/C13H28N2O/c1-10-7-15(8-11(2)16-10)9-12(3,4)13(5,6)14/h10-11H,7-9,14H2,1-6H3/t10-,11+. The molecule has 1 aliphatic heterocycles. The Hall–Kier alpha value is -0.120. The van der Waals surface area contributed by atoms with Crippen molar-refractivity contribution < 1.29 is 4.74 Å². The van der Waals surface area contributed by atoms with E-state index in [1.807, 2.05) is 0 Å². The van der Waals surface area contributed by atoms with E-state index in [0.29, 0.717) is 12.2 Å². The summed E-state index contributed by atoms with van der Waals surface area (Å²) in [6.07, 6.45) is 0.667. The molecule has 1 saturated heterocycles.